The number of carbonyl (C=O) groups is 3. The van der Waals surface area contributed by atoms with Crippen LogP contribution in [0, 0.1) is 29.1 Å². The first-order valence-electron chi connectivity index (χ1n) is 10.7. The molecule has 8 nitrogen and oxygen atoms in total. The number of H-pyrrole nitrogens is 1. The van der Waals surface area contributed by atoms with Crippen molar-refractivity contribution in [2.45, 2.75) is 44.6 Å². The molecule has 1 saturated carbocycles. The number of halogens is 2. The average Bonchev–Trinajstić information content (AvgIpc) is 3.31. The second-order valence-electron chi connectivity index (χ2n) is 8.58. The lowest BCUT2D eigenvalue weighted by atomic mass is 9.93. The smallest absolute Gasteiger partial charge is 0.224 e. The van der Waals surface area contributed by atoms with Gasteiger partial charge in [-0.05, 0) is 37.3 Å². The number of imidazole rings is 1. The van der Waals surface area contributed by atoms with Crippen molar-refractivity contribution in [1.29, 1.82) is 5.26 Å². The molecule has 32 heavy (non-hydrogen) atoms. The van der Waals surface area contributed by atoms with Gasteiger partial charge in [0.2, 0.25) is 11.8 Å². The van der Waals surface area contributed by atoms with Gasteiger partial charge in [0.05, 0.1) is 16.6 Å². The molecule has 0 radical (unpaired) electrons. The first-order valence-corrected chi connectivity index (χ1v) is 11.4. The molecule has 3 atom stereocenters. The van der Waals surface area contributed by atoms with Crippen molar-refractivity contribution >= 4 is 51.8 Å². The van der Waals surface area contributed by atoms with Crippen molar-refractivity contribution in [1.82, 2.24) is 20.6 Å². The Morgan fingerprint density at radius 1 is 1.25 bits per heavy atom. The zero-order valence-corrected chi connectivity index (χ0v) is 18.8. The van der Waals surface area contributed by atoms with Crippen molar-refractivity contribution in [2.24, 2.45) is 17.8 Å². The van der Waals surface area contributed by atoms with E-state index in [0.717, 1.165) is 12.8 Å². The Morgan fingerprint density at radius 2 is 2.03 bits per heavy atom. The summed E-state index contributed by atoms with van der Waals surface area (Å²) >= 11 is 12.2. The van der Waals surface area contributed by atoms with E-state index < -0.39 is 12.0 Å². The van der Waals surface area contributed by atoms with E-state index in [0.29, 0.717) is 46.4 Å². The van der Waals surface area contributed by atoms with Gasteiger partial charge >= 0.3 is 0 Å². The highest BCUT2D eigenvalue weighted by Gasteiger charge is 2.34. The molecule has 3 N–H and O–H groups in total. The van der Waals surface area contributed by atoms with Gasteiger partial charge in [-0.3, -0.25) is 14.4 Å². The molecule has 2 fully saturated rings. The fourth-order valence-corrected chi connectivity index (χ4v) is 4.66. The number of aromatic amines is 1. The van der Waals surface area contributed by atoms with Gasteiger partial charge in [-0.15, -0.1) is 0 Å². The SMILES string of the molecule is N#C[C@H](CC1CCNC1=O)NC(=O)[C@@H](CC(=O)c1nc2c(Cl)cc(Cl)cc2[nH]1)CC1CC1. The number of Topliss-reactive ketones (excluding diaryl/α,β-unsaturated/α-hetero) is 1. The molecule has 0 bridgehead atoms. The second kappa shape index (κ2) is 9.47. The summed E-state index contributed by atoms with van der Waals surface area (Å²) < 4.78 is 0. The highest BCUT2D eigenvalue weighted by molar-refractivity contribution is 6.38. The topological polar surface area (TPSA) is 128 Å². The molecule has 2 amide bonds. The van der Waals surface area contributed by atoms with Crippen LogP contribution in [0.15, 0.2) is 12.1 Å². The van der Waals surface area contributed by atoms with E-state index in [9.17, 15) is 19.6 Å². The van der Waals surface area contributed by atoms with Crippen molar-refractivity contribution in [3.63, 3.8) is 0 Å². The van der Waals surface area contributed by atoms with Crippen LogP contribution in [0.2, 0.25) is 10.0 Å². The number of carbonyl (C=O) groups excluding carboxylic acids is 3. The number of nitriles is 1. The first kappa shape index (κ1) is 22.6. The molecule has 4 rings (SSSR count). The van der Waals surface area contributed by atoms with E-state index >= 15 is 0 Å². The first-order chi connectivity index (χ1) is 15.3. The summed E-state index contributed by atoms with van der Waals surface area (Å²) in [6, 6.07) is 4.49. The molecule has 1 aromatic carbocycles. The van der Waals surface area contributed by atoms with Gasteiger partial charge in [0.1, 0.15) is 11.6 Å². The number of nitrogens with one attached hydrogen (secondary N) is 3. The molecule has 10 heteroatoms. The Kier molecular flexibility index (Phi) is 6.68. The Hall–Kier alpha value is -2.63. The van der Waals surface area contributed by atoms with E-state index in [1.807, 2.05) is 0 Å². The molecule has 0 spiro atoms. The maximum absolute atomic E-state index is 13.0. The Labute approximate surface area is 195 Å². The lowest BCUT2D eigenvalue weighted by Gasteiger charge is -2.19. The average molecular weight is 476 g/mol. The standard InChI is InChI=1S/C22H23Cl2N5O3/c23-14-8-16(24)19-17(9-14)28-20(29-19)18(30)7-13(5-11-1-2-11)22(32)27-15(10-25)6-12-3-4-26-21(12)31/h8-9,11-13,15H,1-7H2,(H,26,31)(H,27,32)(H,28,29)/t12?,13-,15+/m1/s1. The number of rotatable bonds is 9. The Morgan fingerprint density at radius 3 is 2.69 bits per heavy atom. The number of nitrogens with zero attached hydrogens (tertiary/aromatic N) is 2. The molecule has 2 heterocycles. The lowest BCUT2D eigenvalue weighted by molar-refractivity contribution is -0.127. The molecule has 2 aliphatic rings. The summed E-state index contributed by atoms with van der Waals surface area (Å²) in [7, 11) is 0. The third kappa shape index (κ3) is 5.22. The van der Waals surface area contributed by atoms with Crippen molar-refractivity contribution in [3.05, 3.63) is 28.0 Å². The normalized spacial score (nSPS) is 19.9. The monoisotopic (exact) mass is 475 g/mol. The zero-order chi connectivity index (χ0) is 22.8. The molecule has 168 valence electrons. The van der Waals surface area contributed by atoms with Crippen molar-refractivity contribution < 1.29 is 14.4 Å². The van der Waals surface area contributed by atoms with Crippen molar-refractivity contribution in [2.75, 3.05) is 6.54 Å². The minimum atomic E-state index is -0.777. The number of fused-ring (bicyclic) bond motifs is 1. The number of benzene rings is 1. The molecule has 1 aliphatic heterocycles. The maximum atomic E-state index is 13.0. The van der Waals surface area contributed by atoms with E-state index in [1.54, 1.807) is 12.1 Å². The second-order valence-corrected chi connectivity index (χ2v) is 9.42. The number of amides is 2. The fourth-order valence-electron chi connectivity index (χ4n) is 4.12. The number of aromatic nitrogens is 2. The van der Waals surface area contributed by atoms with E-state index in [2.05, 4.69) is 26.7 Å². The van der Waals surface area contributed by atoms with E-state index in [1.165, 1.54) is 0 Å². The van der Waals surface area contributed by atoms with E-state index in [4.69, 9.17) is 23.2 Å². The summed E-state index contributed by atoms with van der Waals surface area (Å²) in [6.45, 7) is 0.584. The minimum absolute atomic E-state index is 0.0322. The van der Waals surface area contributed by atoms with Gasteiger partial charge in [0.25, 0.3) is 0 Å². The van der Waals surface area contributed by atoms with Gasteiger partial charge in [-0.1, -0.05) is 36.0 Å². The van der Waals surface area contributed by atoms with Crippen LogP contribution in [-0.4, -0.2) is 40.2 Å². The van der Waals surface area contributed by atoms with Crippen LogP contribution in [0.25, 0.3) is 11.0 Å². The molecule has 2 aromatic rings. The van der Waals surface area contributed by atoms with Gasteiger partial charge in [0, 0.05) is 29.8 Å². The third-order valence-electron chi connectivity index (χ3n) is 6.04. The molecular weight excluding hydrogens is 453 g/mol. The van der Waals surface area contributed by atoms with Gasteiger partial charge in [-0.25, -0.2) is 4.98 Å². The van der Waals surface area contributed by atoms with Crippen LogP contribution >= 0.6 is 23.2 Å². The van der Waals surface area contributed by atoms with Crippen LogP contribution in [0.1, 0.15) is 49.1 Å². The highest BCUT2D eigenvalue weighted by Crippen LogP contribution is 2.37. The van der Waals surface area contributed by atoms with Crippen LogP contribution in [0.5, 0.6) is 0 Å². The Bertz CT molecular complexity index is 1100. The lowest BCUT2D eigenvalue weighted by Crippen LogP contribution is -2.40. The van der Waals surface area contributed by atoms with Crippen LogP contribution in [0.4, 0.5) is 0 Å². The largest absolute Gasteiger partial charge is 0.356 e. The van der Waals surface area contributed by atoms with Crippen LogP contribution < -0.4 is 10.6 Å². The highest BCUT2D eigenvalue weighted by atomic mass is 35.5. The Balaban J connectivity index is 1.45. The van der Waals surface area contributed by atoms with Crippen molar-refractivity contribution in [3.8, 4) is 6.07 Å². The maximum Gasteiger partial charge on any atom is 0.224 e. The van der Waals surface area contributed by atoms with Gasteiger partial charge in [0.15, 0.2) is 11.6 Å². The summed E-state index contributed by atoms with van der Waals surface area (Å²) in [5.41, 5.74) is 0.996. The zero-order valence-electron chi connectivity index (χ0n) is 17.3. The molecule has 1 aromatic heterocycles. The minimum Gasteiger partial charge on any atom is -0.356 e. The van der Waals surface area contributed by atoms with E-state index in [-0.39, 0.29) is 42.2 Å². The summed E-state index contributed by atoms with van der Waals surface area (Å²) in [6.07, 6.45) is 3.51. The summed E-state index contributed by atoms with van der Waals surface area (Å²) in [5, 5.41) is 15.7. The number of hydrogen-bond acceptors (Lipinski definition) is 5. The molecule has 1 unspecified atom stereocenters. The summed E-state index contributed by atoms with van der Waals surface area (Å²) in [4.78, 5) is 45.0. The fraction of sp³-hybridized carbons (Fsp3) is 0.500. The summed E-state index contributed by atoms with van der Waals surface area (Å²) in [5.74, 6) is -1.06. The van der Waals surface area contributed by atoms with Crippen LogP contribution in [-0.2, 0) is 9.59 Å². The quantitative estimate of drug-likeness (QED) is 0.478. The predicted octanol–water partition coefficient (Wildman–Crippen LogP) is 3.39. The number of ketones is 1. The number of hydrogen-bond donors (Lipinski definition) is 3. The third-order valence-corrected chi connectivity index (χ3v) is 6.55. The van der Waals surface area contributed by atoms with Gasteiger partial charge in [-0.2, -0.15) is 5.26 Å². The molecular formula is C22H23Cl2N5O3. The molecule has 1 aliphatic carbocycles. The predicted molar refractivity (Wildman–Crippen MR) is 119 cm³/mol. The molecule has 1 saturated heterocycles. The van der Waals surface area contributed by atoms with Gasteiger partial charge < -0.3 is 15.6 Å². The van der Waals surface area contributed by atoms with Crippen LogP contribution in [0.3, 0.4) is 0 Å².